The van der Waals surface area contributed by atoms with E-state index in [-0.39, 0.29) is 37.6 Å². The van der Waals surface area contributed by atoms with Crippen molar-refractivity contribution in [2.24, 2.45) is 0 Å². The highest BCUT2D eigenvalue weighted by Gasteiger charge is 2.31. The maximum atomic E-state index is 13.3. The molecule has 2 rings (SSSR count). The molecular weight excluding hydrogens is 439 g/mol. The molecule has 0 radical (unpaired) electrons. The third-order valence-corrected chi connectivity index (χ3v) is 4.50. The van der Waals surface area contributed by atoms with Gasteiger partial charge in [-0.05, 0) is 56.7 Å². The molecule has 0 aliphatic heterocycles. The van der Waals surface area contributed by atoms with E-state index < -0.39 is 23.3 Å². The molecule has 33 heavy (non-hydrogen) atoms. The van der Waals surface area contributed by atoms with Gasteiger partial charge in [-0.25, -0.2) is 4.79 Å². The molecule has 0 heterocycles. The Labute approximate surface area is 191 Å². The van der Waals surface area contributed by atoms with Gasteiger partial charge in [0.25, 0.3) is 0 Å². The molecule has 0 saturated carbocycles. The van der Waals surface area contributed by atoms with E-state index in [2.05, 4.69) is 0 Å². The van der Waals surface area contributed by atoms with Gasteiger partial charge in [0.05, 0.1) is 19.3 Å². The maximum absolute atomic E-state index is 13.3. The molecule has 9 heteroatoms. The predicted molar refractivity (Wildman–Crippen MR) is 118 cm³/mol. The zero-order valence-electron chi connectivity index (χ0n) is 19.1. The first-order valence-corrected chi connectivity index (χ1v) is 10.3. The van der Waals surface area contributed by atoms with E-state index in [1.165, 1.54) is 7.11 Å². The summed E-state index contributed by atoms with van der Waals surface area (Å²) in [5.41, 5.74) is -0.493. The third kappa shape index (κ3) is 8.42. The number of ether oxygens (including phenoxy) is 3. The molecule has 0 aliphatic rings. The SMILES string of the molecule is COc1ccc(CN(CCOCC(=O)OC(C)(C)C)c2cc(C(F)(F)F)ccc2C=O)cc1. The zero-order chi connectivity index (χ0) is 24.6. The van der Waals surface area contributed by atoms with Crippen LogP contribution in [0.3, 0.4) is 0 Å². The van der Waals surface area contributed by atoms with Gasteiger partial charge >= 0.3 is 12.1 Å². The van der Waals surface area contributed by atoms with Crippen LogP contribution in [0.1, 0.15) is 42.3 Å². The van der Waals surface area contributed by atoms with Crippen LogP contribution < -0.4 is 9.64 Å². The molecule has 0 N–H and O–H groups in total. The molecule has 0 atom stereocenters. The first kappa shape index (κ1) is 26.2. The van der Waals surface area contributed by atoms with E-state index >= 15 is 0 Å². The van der Waals surface area contributed by atoms with Crippen molar-refractivity contribution in [3.05, 3.63) is 59.2 Å². The lowest BCUT2D eigenvalue weighted by atomic mass is 10.1. The molecule has 0 aliphatic carbocycles. The van der Waals surface area contributed by atoms with E-state index in [4.69, 9.17) is 14.2 Å². The average Bonchev–Trinajstić information content (AvgIpc) is 2.74. The molecular formula is C24H28F3NO5. The molecule has 2 aromatic carbocycles. The molecule has 0 bridgehead atoms. The smallest absolute Gasteiger partial charge is 0.416 e. The standard InChI is InChI=1S/C24H28F3NO5/c1-23(2,3)33-22(30)16-32-12-11-28(14-17-5-9-20(31-4)10-6-17)21-13-19(24(25,26)27)8-7-18(21)15-29/h5-10,13,15H,11-12,14,16H2,1-4H3. The largest absolute Gasteiger partial charge is 0.497 e. The van der Waals surface area contributed by atoms with E-state index in [1.54, 1.807) is 49.9 Å². The zero-order valence-corrected chi connectivity index (χ0v) is 19.1. The van der Waals surface area contributed by atoms with Crippen LogP contribution in [0.4, 0.5) is 18.9 Å². The summed E-state index contributed by atoms with van der Waals surface area (Å²) in [5, 5.41) is 0. The van der Waals surface area contributed by atoms with Crippen LogP contribution in [0.15, 0.2) is 42.5 Å². The highest BCUT2D eigenvalue weighted by molar-refractivity contribution is 5.85. The van der Waals surface area contributed by atoms with Gasteiger partial charge in [0, 0.05) is 24.3 Å². The Bertz CT molecular complexity index is 937. The Morgan fingerprint density at radius 3 is 2.27 bits per heavy atom. The Balaban J connectivity index is 2.23. The van der Waals surface area contributed by atoms with Gasteiger partial charge in [0.2, 0.25) is 0 Å². The third-order valence-electron chi connectivity index (χ3n) is 4.50. The van der Waals surface area contributed by atoms with Gasteiger partial charge in [0.15, 0.2) is 6.29 Å². The quantitative estimate of drug-likeness (QED) is 0.282. The number of rotatable bonds is 10. The van der Waals surface area contributed by atoms with Crippen molar-refractivity contribution in [1.29, 1.82) is 0 Å². The van der Waals surface area contributed by atoms with Gasteiger partial charge in [-0.1, -0.05) is 12.1 Å². The van der Waals surface area contributed by atoms with Crippen LogP contribution >= 0.6 is 0 Å². The molecule has 0 fully saturated rings. The number of carbonyl (C=O) groups excluding carboxylic acids is 2. The van der Waals surface area contributed by atoms with Gasteiger partial charge in [-0.2, -0.15) is 13.2 Å². The molecule has 2 aromatic rings. The van der Waals surface area contributed by atoms with Crippen LogP contribution in [0.2, 0.25) is 0 Å². The second-order valence-electron chi connectivity index (χ2n) is 8.30. The number of aldehydes is 1. The normalized spacial score (nSPS) is 11.7. The van der Waals surface area contributed by atoms with Crippen LogP contribution in [-0.4, -0.2) is 44.7 Å². The molecule has 0 aromatic heterocycles. The summed E-state index contributed by atoms with van der Waals surface area (Å²) in [4.78, 5) is 25.0. The van der Waals surface area contributed by atoms with Gasteiger partial charge in [-0.15, -0.1) is 0 Å². The van der Waals surface area contributed by atoms with Gasteiger partial charge < -0.3 is 19.1 Å². The summed E-state index contributed by atoms with van der Waals surface area (Å²) in [6.07, 6.45) is -4.05. The van der Waals surface area contributed by atoms with Crippen LogP contribution in [0, 0.1) is 0 Å². The minimum Gasteiger partial charge on any atom is -0.497 e. The topological polar surface area (TPSA) is 65.1 Å². The highest BCUT2D eigenvalue weighted by atomic mass is 19.4. The van der Waals surface area contributed by atoms with E-state index in [0.29, 0.717) is 12.0 Å². The predicted octanol–water partition coefficient (Wildman–Crippen LogP) is 4.89. The molecule has 0 spiro atoms. The first-order valence-electron chi connectivity index (χ1n) is 10.3. The molecule has 0 amide bonds. The van der Waals surface area contributed by atoms with Crippen molar-refractivity contribution in [3.8, 4) is 5.75 Å². The van der Waals surface area contributed by atoms with Crippen LogP contribution in [0.5, 0.6) is 5.75 Å². The molecule has 180 valence electrons. The Morgan fingerprint density at radius 1 is 1.06 bits per heavy atom. The average molecular weight is 467 g/mol. The van der Waals surface area contributed by atoms with Gasteiger partial charge in [-0.3, -0.25) is 4.79 Å². The second-order valence-corrected chi connectivity index (χ2v) is 8.30. The monoisotopic (exact) mass is 467 g/mol. The van der Waals surface area contributed by atoms with Crippen molar-refractivity contribution >= 4 is 17.9 Å². The number of hydrogen-bond donors (Lipinski definition) is 0. The molecule has 6 nitrogen and oxygen atoms in total. The summed E-state index contributed by atoms with van der Waals surface area (Å²) >= 11 is 0. The van der Waals surface area contributed by atoms with E-state index in [0.717, 1.165) is 23.8 Å². The molecule has 0 unspecified atom stereocenters. The highest BCUT2D eigenvalue weighted by Crippen LogP contribution is 2.33. The lowest BCUT2D eigenvalue weighted by Gasteiger charge is -2.27. The number of halogens is 3. The summed E-state index contributed by atoms with van der Waals surface area (Å²) in [5.74, 6) is 0.0931. The Morgan fingerprint density at radius 2 is 1.73 bits per heavy atom. The lowest BCUT2D eigenvalue weighted by molar-refractivity contribution is -0.160. The van der Waals surface area contributed by atoms with Crippen molar-refractivity contribution in [3.63, 3.8) is 0 Å². The first-order chi connectivity index (χ1) is 15.4. The number of benzene rings is 2. The van der Waals surface area contributed by atoms with Crippen LogP contribution in [0.25, 0.3) is 0 Å². The summed E-state index contributed by atoms with van der Waals surface area (Å²) in [7, 11) is 1.53. The second kappa shape index (κ2) is 11.2. The Hall–Kier alpha value is -3.07. The number of anilines is 1. The van der Waals surface area contributed by atoms with Crippen LogP contribution in [-0.2, 0) is 27.0 Å². The minimum absolute atomic E-state index is 0.0317. The Kier molecular flexibility index (Phi) is 8.87. The van der Waals surface area contributed by atoms with Crippen molar-refractivity contribution in [2.45, 2.75) is 39.1 Å². The lowest BCUT2D eigenvalue weighted by Crippen LogP contribution is -2.30. The fraction of sp³-hybridized carbons (Fsp3) is 0.417. The number of alkyl halides is 3. The maximum Gasteiger partial charge on any atom is 0.416 e. The number of hydrogen-bond acceptors (Lipinski definition) is 6. The van der Waals surface area contributed by atoms with Gasteiger partial charge in [0.1, 0.15) is 18.0 Å². The fourth-order valence-electron chi connectivity index (χ4n) is 3.03. The fourth-order valence-corrected chi connectivity index (χ4v) is 3.03. The van der Waals surface area contributed by atoms with Crippen molar-refractivity contribution < 1.29 is 37.0 Å². The van der Waals surface area contributed by atoms with Crippen molar-refractivity contribution in [1.82, 2.24) is 0 Å². The van der Waals surface area contributed by atoms with E-state index in [9.17, 15) is 22.8 Å². The summed E-state index contributed by atoms with van der Waals surface area (Å²) < 4.78 is 55.6. The minimum atomic E-state index is -4.56. The number of nitrogens with zero attached hydrogens (tertiary/aromatic N) is 1. The summed E-state index contributed by atoms with van der Waals surface area (Å²) in [6, 6.07) is 9.99. The van der Waals surface area contributed by atoms with E-state index in [1.807, 2.05) is 0 Å². The van der Waals surface area contributed by atoms with Crippen molar-refractivity contribution in [2.75, 3.05) is 31.8 Å². The number of carbonyl (C=O) groups is 2. The summed E-state index contributed by atoms with van der Waals surface area (Å²) in [6.45, 7) is 5.28. The number of methoxy groups -OCH3 is 1. The molecule has 0 saturated heterocycles. The number of esters is 1.